The maximum atomic E-state index is 12.2. The maximum absolute atomic E-state index is 12.2. The van der Waals surface area contributed by atoms with E-state index in [1.165, 1.54) is 12.1 Å². The highest BCUT2D eigenvalue weighted by Gasteiger charge is 2.19. The minimum absolute atomic E-state index is 0.0997. The van der Waals surface area contributed by atoms with Gasteiger partial charge in [-0.15, -0.1) is 11.3 Å². The summed E-state index contributed by atoms with van der Waals surface area (Å²) in [4.78, 5) is 0. The van der Waals surface area contributed by atoms with Crippen molar-refractivity contribution in [3.8, 4) is 11.8 Å². The quantitative estimate of drug-likeness (QED) is 0.816. The molecule has 21 heavy (non-hydrogen) atoms. The molecule has 1 heterocycles. The van der Waals surface area contributed by atoms with Crippen molar-refractivity contribution >= 4 is 54.6 Å². The van der Waals surface area contributed by atoms with Crippen LogP contribution in [0.2, 0.25) is 5.02 Å². The third kappa shape index (κ3) is 4.11. The summed E-state index contributed by atoms with van der Waals surface area (Å²) in [6.07, 6.45) is 0. The highest BCUT2D eigenvalue weighted by atomic mass is 79.9. The summed E-state index contributed by atoms with van der Waals surface area (Å²) in [5.41, 5.74) is 0.339. The third-order valence-corrected chi connectivity index (χ3v) is 6.61. The molecule has 110 valence electrons. The molecule has 0 fully saturated rings. The van der Waals surface area contributed by atoms with E-state index >= 15 is 0 Å². The number of nitrogens with one attached hydrogen (secondary N) is 1. The summed E-state index contributed by atoms with van der Waals surface area (Å²) < 4.78 is 32.6. The van der Waals surface area contributed by atoms with Crippen LogP contribution in [0, 0.1) is 11.3 Å². The fourth-order valence-corrected chi connectivity index (χ4v) is 4.88. The number of nitrogens with zero attached hydrogens (tertiary/aromatic N) is 1. The van der Waals surface area contributed by atoms with E-state index in [1.54, 1.807) is 18.2 Å². The van der Waals surface area contributed by atoms with Crippen molar-refractivity contribution in [1.82, 2.24) is 0 Å². The molecule has 0 amide bonds. The van der Waals surface area contributed by atoms with E-state index in [0.29, 0.717) is 20.2 Å². The molecule has 0 bridgehead atoms. The SMILES string of the molecule is N#CCOc1cccc(NS(=O)(=O)c2cc(Cl)c(Br)s2)c1. The molecule has 1 aromatic carbocycles. The van der Waals surface area contributed by atoms with Gasteiger partial charge in [0.15, 0.2) is 6.61 Å². The number of thiophene rings is 1. The van der Waals surface area contributed by atoms with Crippen molar-refractivity contribution < 1.29 is 13.2 Å². The lowest BCUT2D eigenvalue weighted by atomic mass is 10.3. The minimum atomic E-state index is -3.72. The molecular weight excluding hydrogens is 400 g/mol. The van der Waals surface area contributed by atoms with E-state index in [4.69, 9.17) is 21.6 Å². The van der Waals surface area contributed by atoms with Crippen LogP contribution in [0.3, 0.4) is 0 Å². The number of halogens is 2. The Balaban J connectivity index is 2.22. The van der Waals surface area contributed by atoms with Gasteiger partial charge >= 0.3 is 0 Å². The number of nitriles is 1. The van der Waals surface area contributed by atoms with E-state index in [9.17, 15) is 8.42 Å². The van der Waals surface area contributed by atoms with Crippen LogP contribution in [-0.4, -0.2) is 15.0 Å². The molecule has 2 rings (SSSR count). The summed E-state index contributed by atoms with van der Waals surface area (Å²) in [6.45, 7) is -0.107. The molecule has 0 saturated heterocycles. The molecule has 2 aromatic rings. The smallest absolute Gasteiger partial charge is 0.271 e. The Bertz CT molecular complexity index is 780. The van der Waals surface area contributed by atoms with Crippen LogP contribution in [-0.2, 0) is 10.0 Å². The zero-order valence-electron chi connectivity index (χ0n) is 10.3. The van der Waals surface area contributed by atoms with Gasteiger partial charge in [-0.05, 0) is 34.1 Å². The number of hydrogen-bond donors (Lipinski definition) is 1. The van der Waals surface area contributed by atoms with Crippen molar-refractivity contribution in [2.45, 2.75) is 4.21 Å². The average Bonchev–Trinajstić information content (AvgIpc) is 2.77. The van der Waals surface area contributed by atoms with Gasteiger partial charge in [0.25, 0.3) is 10.0 Å². The van der Waals surface area contributed by atoms with Crippen molar-refractivity contribution in [3.05, 3.63) is 39.1 Å². The molecule has 1 aromatic heterocycles. The Labute approximate surface area is 139 Å². The summed E-state index contributed by atoms with van der Waals surface area (Å²) in [6, 6.07) is 9.55. The molecular formula is C12H8BrClN2O3S2. The molecule has 0 aliphatic carbocycles. The predicted octanol–water partition coefficient (Wildman–Crippen LogP) is 3.87. The lowest BCUT2D eigenvalue weighted by Gasteiger charge is -2.08. The Morgan fingerprint density at radius 1 is 1.43 bits per heavy atom. The molecule has 0 radical (unpaired) electrons. The molecule has 0 atom stereocenters. The van der Waals surface area contributed by atoms with E-state index in [2.05, 4.69) is 20.7 Å². The monoisotopic (exact) mass is 406 g/mol. The van der Waals surface area contributed by atoms with Gasteiger partial charge in [0.1, 0.15) is 16.0 Å². The number of hydrogen-bond acceptors (Lipinski definition) is 5. The normalized spacial score (nSPS) is 10.9. The lowest BCUT2D eigenvalue weighted by Crippen LogP contribution is -2.11. The molecule has 0 unspecified atom stereocenters. The van der Waals surface area contributed by atoms with Gasteiger partial charge in [-0.2, -0.15) is 5.26 Å². The van der Waals surface area contributed by atoms with E-state index in [-0.39, 0.29) is 10.8 Å². The van der Waals surface area contributed by atoms with Gasteiger partial charge in [-0.1, -0.05) is 17.7 Å². The zero-order valence-corrected chi connectivity index (χ0v) is 14.3. The number of benzene rings is 1. The van der Waals surface area contributed by atoms with Crippen molar-refractivity contribution in [1.29, 1.82) is 5.26 Å². The second-order valence-corrected chi connectivity index (χ2v) is 8.45. The van der Waals surface area contributed by atoms with Crippen molar-refractivity contribution in [2.24, 2.45) is 0 Å². The van der Waals surface area contributed by atoms with Gasteiger partial charge in [-0.25, -0.2) is 8.42 Å². The Hall–Kier alpha value is -1.27. The van der Waals surface area contributed by atoms with Gasteiger partial charge in [0, 0.05) is 6.07 Å². The van der Waals surface area contributed by atoms with E-state index in [0.717, 1.165) is 11.3 Å². The van der Waals surface area contributed by atoms with Crippen LogP contribution in [0.15, 0.2) is 38.3 Å². The van der Waals surface area contributed by atoms with Crippen LogP contribution in [0.5, 0.6) is 5.75 Å². The van der Waals surface area contributed by atoms with E-state index in [1.807, 2.05) is 6.07 Å². The minimum Gasteiger partial charge on any atom is -0.479 e. The second kappa shape index (κ2) is 6.66. The highest BCUT2D eigenvalue weighted by molar-refractivity contribution is 9.11. The summed E-state index contributed by atoms with van der Waals surface area (Å²) in [7, 11) is -3.72. The number of anilines is 1. The van der Waals surface area contributed by atoms with Crippen LogP contribution in [0.4, 0.5) is 5.69 Å². The molecule has 9 heteroatoms. The standard InChI is InChI=1S/C12H8BrClN2O3S2/c13-12-10(14)7-11(20-12)21(17,18)16-8-2-1-3-9(6-8)19-5-4-15/h1-3,6-7,16H,5H2. The summed E-state index contributed by atoms with van der Waals surface area (Å²) in [5.74, 6) is 0.405. The maximum Gasteiger partial charge on any atom is 0.271 e. The Morgan fingerprint density at radius 2 is 2.19 bits per heavy atom. The summed E-state index contributed by atoms with van der Waals surface area (Å²) in [5, 5.41) is 8.80. The second-order valence-electron chi connectivity index (χ2n) is 3.77. The van der Waals surface area contributed by atoms with E-state index < -0.39 is 10.0 Å². The first-order valence-electron chi connectivity index (χ1n) is 5.50. The fourth-order valence-electron chi connectivity index (χ4n) is 1.43. The van der Waals surface area contributed by atoms with Crippen LogP contribution < -0.4 is 9.46 Å². The number of rotatable bonds is 5. The van der Waals surface area contributed by atoms with Crippen LogP contribution in [0.1, 0.15) is 0 Å². The largest absolute Gasteiger partial charge is 0.479 e. The molecule has 5 nitrogen and oxygen atoms in total. The lowest BCUT2D eigenvalue weighted by molar-refractivity contribution is 0.368. The fraction of sp³-hybridized carbons (Fsp3) is 0.0833. The van der Waals surface area contributed by atoms with Crippen molar-refractivity contribution in [3.63, 3.8) is 0 Å². The first-order chi connectivity index (χ1) is 9.92. The predicted molar refractivity (Wildman–Crippen MR) is 85.4 cm³/mol. The third-order valence-electron chi connectivity index (χ3n) is 2.28. The first kappa shape index (κ1) is 16.1. The number of ether oxygens (including phenoxy) is 1. The Morgan fingerprint density at radius 3 is 2.81 bits per heavy atom. The number of sulfonamides is 1. The molecule has 0 saturated carbocycles. The first-order valence-corrected chi connectivity index (χ1v) is 8.97. The van der Waals surface area contributed by atoms with Crippen molar-refractivity contribution in [2.75, 3.05) is 11.3 Å². The topological polar surface area (TPSA) is 79.2 Å². The average molecular weight is 408 g/mol. The van der Waals surface area contributed by atoms with Gasteiger partial charge in [0.05, 0.1) is 14.5 Å². The summed E-state index contributed by atoms with van der Waals surface area (Å²) >= 11 is 10.0. The van der Waals surface area contributed by atoms with Gasteiger partial charge in [0.2, 0.25) is 0 Å². The molecule has 0 aliphatic rings. The molecule has 0 aliphatic heterocycles. The van der Waals surface area contributed by atoms with Gasteiger partial charge in [-0.3, -0.25) is 4.72 Å². The zero-order chi connectivity index (χ0) is 15.5. The Kier molecular flexibility index (Phi) is 5.11. The molecule has 1 N–H and O–H groups in total. The van der Waals surface area contributed by atoms with Gasteiger partial charge < -0.3 is 4.74 Å². The molecule has 0 spiro atoms. The highest BCUT2D eigenvalue weighted by Crippen LogP contribution is 2.35. The van der Waals surface area contributed by atoms with Crippen LogP contribution in [0.25, 0.3) is 0 Å². The van der Waals surface area contributed by atoms with Crippen LogP contribution >= 0.6 is 38.9 Å².